The Hall–Kier alpha value is -0.890. The van der Waals surface area contributed by atoms with Crippen LogP contribution in [0.25, 0.3) is 0 Å². The van der Waals surface area contributed by atoms with Gasteiger partial charge in [-0.15, -0.1) is 0 Å². The van der Waals surface area contributed by atoms with Crippen molar-refractivity contribution in [3.63, 3.8) is 0 Å². The second kappa shape index (κ2) is 3.68. The van der Waals surface area contributed by atoms with Gasteiger partial charge in [-0.2, -0.15) is 0 Å². The van der Waals surface area contributed by atoms with E-state index in [9.17, 15) is 0 Å². The van der Waals surface area contributed by atoms with Gasteiger partial charge in [0.1, 0.15) is 0 Å². The molecule has 1 radical (unpaired) electrons. The molecule has 0 aliphatic heterocycles. The van der Waals surface area contributed by atoms with Crippen molar-refractivity contribution in [1.29, 1.82) is 0 Å². The molecule has 0 unspecified atom stereocenters. The van der Waals surface area contributed by atoms with Gasteiger partial charge in [-0.1, -0.05) is 6.07 Å². The van der Waals surface area contributed by atoms with E-state index < -0.39 is 0 Å². The summed E-state index contributed by atoms with van der Waals surface area (Å²) in [5, 5.41) is 0. The summed E-state index contributed by atoms with van der Waals surface area (Å²) in [6.45, 7) is 6.72. The Morgan fingerprint density at radius 2 is 2.33 bits per heavy atom. The van der Waals surface area contributed by atoms with Crippen LogP contribution >= 0.6 is 0 Å². The Bertz CT molecular complexity index is 231. The maximum Gasteiger partial charge on any atom is 0.0950 e. The molecular formula is C10H14NO. The molecular weight excluding hydrogens is 150 g/mol. The predicted molar refractivity (Wildman–Crippen MR) is 47.7 cm³/mol. The van der Waals surface area contributed by atoms with Gasteiger partial charge in [0.05, 0.1) is 11.8 Å². The van der Waals surface area contributed by atoms with Gasteiger partial charge in [0, 0.05) is 18.4 Å². The minimum absolute atomic E-state index is 0.275. The van der Waals surface area contributed by atoms with Gasteiger partial charge in [0.25, 0.3) is 0 Å². The number of rotatable bonds is 3. The summed E-state index contributed by atoms with van der Waals surface area (Å²) in [5.74, 6) is 0. The molecule has 1 aromatic rings. The van der Waals surface area contributed by atoms with Gasteiger partial charge in [0.15, 0.2) is 0 Å². The number of hydrogen-bond acceptors (Lipinski definition) is 2. The van der Waals surface area contributed by atoms with Crippen LogP contribution in [0.3, 0.4) is 0 Å². The average molecular weight is 164 g/mol. The zero-order valence-electron chi connectivity index (χ0n) is 7.79. The Kier molecular flexibility index (Phi) is 2.82. The molecule has 0 atom stereocenters. The molecule has 2 heteroatoms. The van der Waals surface area contributed by atoms with Crippen molar-refractivity contribution in [1.82, 2.24) is 4.98 Å². The highest BCUT2D eigenvalue weighted by Gasteiger charge is 2.20. The van der Waals surface area contributed by atoms with E-state index in [4.69, 9.17) is 4.74 Å². The van der Waals surface area contributed by atoms with Crippen molar-refractivity contribution in [2.45, 2.75) is 26.4 Å². The Balaban J connectivity index is 2.82. The molecule has 1 heterocycles. The van der Waals surface area contributed by atoms with Gasteiger partial charge in [0.2, 0.25) is 0 Å². The van der Waals surface area contributed by atoms with Crippen LogP contribution in [0.5, 0.6) is 0 Å². The van der Waals surface area contributed by atoms with E-state index in [1.807, 2.05) is 32.9 Å². The molecule has 0 amide bonds. The van der Waals surface area contributed by atoms with Crippen LogP contribution in [0.15, 0.2) is 18.3 Å². The minimum atomic E-state index is -0.275. The number of aromatic nitrogens is 1. The maximum absolute atomic E-state index is 5.54. The fourth-order valence-electron chi connectivity index (χ4n) is 1.10. The summed E-state index contributed by atoms with van der Waals surface area (Å²) < 4.78 is 5.54. The molecule has 0 saturated carbocycles. The summed E-state index contributed by atoms with van der Waals surface area (Å²) in [6.07, 6.45) is 4.63. The lowest BCUT2D eigenvalue weighted by Crippen LogP contribution is -2.21. The lowest BCUT2D eigenvalue weighted by molar-refractivity contribution is -0.0144. The maximum atomic E-state index is 5.54. The van der Waals surface area contributed by atoms with Crippen molar-refractivity contribution in [2.24, 2.45) is 0 Å². The van der Waals surface area contributed by atoms with Gasteiger partial charge in [-0.05, 0) is 26.8 Å². The van der Waals surface area contributed by atoms with Crippen LogP contribution in [0, 0.1) is 6.20 Å². The van der Waals surface area contributed by atoms with E-state index in [1.165, 1.54) is 0 Å². The first-order chi connectivity index (χ1) is 5.67. The molecule has 0 N–H and O–H groups in total. The van der Waals surface area contributed by atoms with Gasteiger partial charge in [-0.25, -0.2) is 0 Å². The third-order valence-corrected chi connectivity index (χ3v) is 1.76. The average Bonchev–Trinajstić information content (AvgIpc) is 2.06. The van der Waals surface area contributed by atoms with Gasteiger partial charge in [-0.3, -0.25) is 4.98 Å². The predicted octanol–water partition coefficient (Wildman–Crippen LogP) is 2.15. The number of nitrogens with zero attached hydrogens (tertiary/aromatic N) is 1. The van der Waals surface area contributed by atoms with E-state index in [0.29, 0.717) is 6.61 Å². The third kappa shape index (κ3) is 2.05. The topological polar surface area (TPSA) is 22.1 Å². The van der Waals surface area contributed by atoms with E-state index in [1.54, 1.807) is 6.20 Å². The third-order valence-electron chi connectivity index (χ3n) is 1.76. The molecule has 1 aromatic heterocycles. The number of ether oxygens (including phenoxy) is 1. The summed E-state index contributed by atoms with van der Waals surface area (Å²) in [4.78, 5) is 3.93. The first-order valence-corrected chi connectivity index (χ1v) is 4.14. The second-order valence-corrected chi connectivity index (χ2v) is 3.11. The standard InChI is InChI=1S/C10H14NO/c1-4-12-10(2,3)9-6-5-7-11-8-9/h5-7H,4H2,1-3H3. The first kappa shape index (κ1) is 9.20. The van der Waals surface area contributed by atoms with Crippen LogP contribution < -0.4 is 0 Å². The Labute approximate surface area is 73.6 Å². The van der Waals surface area contributed by atoms with Crippen molar-refractivity contribution in [3.05, 3.63) is 30.1 Å². The molecule has 0 bridgehead atoms. The summed E-state index contributed by atoms with van der Waals surface area (Å²) in [7, 11) is 0. The Morgan fingerprint density at radius 1 is 1.58 bits per heavy atom. The largest absolute Gasteiger partial charge is 0.371 e. The van der Waals surface area contributed by atoms with Crippen LogP contribution in [0.2, 0.25) is 0 Å². The van der Waals surface area contributed by atoms with Crippen LogP contribution in [-0.4, -0.2) is 11.6 Å². The summed E-state index contributed by atoms with van der Waals surface area (Å²) in [6, 6.07) is 3.87. The molecule has 0 spiro atoms. The highest BCUT2D eigenvalue weighted by molar-refractivity contribution is 5.14. The first-order valence-electron chi connectivity index (χ1n) is 4.14. The van der Waals surface area contributed by atoms with E-state index in [2.05, 4.69) is 11.2 Å². The van der Waals surface area contributed by atoms with Gasteiger partial charge >= 0.3 is 0 Å². The number of pyridine rings is 1. The molecule has 65 valence electrons. The molecule has 0 aliphatic rings. The molecule has 1 rings (SSSR count). The second-order valence-electron chi connectivity index (χ2n) is 3.11. The van der Waals surface area contributed by atoms with Crippen LogP contribution in [-0.2, 0) is 10.3 Å². The van der Waals surface area contributed by atoms with Crippen molar-refractivity contribution < 1.29 is 4.74 Å². The van der Waals surface area contributed by atoms with Gasteiger partial charge < -0.3 is 4.74 Å². The lowest BCUT2D eigenvalue weighted by Gasteiger charge is -2.24. The van der Waals surface area contributed by atoms with E-state index in [-0.39, 0.29) is 5.60 Å². The monoisotopic (exact) mass is 164 g/mol. The molecule has 0 aromatic carbocycles. The molecule has 0 aliphatic carbocycles. The van der Waals surface area contributed by atoms with Crippen LogP contribution in [0.4, 0.5) is 0 Å². The van der Waals surface area contributed by atoms with Crippen molar-refractivity contribution in [3.8, 4) is 0 Å². The van der Waals surface area contributed by atoms with Crippen molar-refractivity contribution >= 4 is 0 Å². The zero-order valence-corrected chi connectivity index (χ0v) is 7.79. The highest BCUT2D eigenvalue weighted by Crippen LogP contribution is 2.22. The summed E-state index contributed by atoms with van der Waals surface area (Å²) >= 11 is 0. The van der Waals surface area contributed by atoms with E-state index >= 15 is 0 Å². The highest BCUT2D eigenvalue weighted by atomic mass is 16.5. The zero-order chi connectivity index (χ0) is 9.03. The fourth-order valence-corrected chi connectivity index (χ4v) is 1.10. The normalized spacial score (nSPS) is 11.6. The smallest absolute Gasteiger partial charge is 0.0950 e. The lowest BCUT2D eigenvalue weighted by atomic mass is 10.0. The summed E-state index contributed by atoms with van der Waals surface area (Å²) in [5.41, 5.74) is 0.718. The van der Waals surface area contributed by atoms with Crippen molar-refractivity contribution in [2.75, 3.05) is 6.61 Å². The molecule has 2 nitrogen and oxygen atoms in total. The molecule has 12 heavy (non-hydrogen) atoms. The number of hydrogen-bond donors (Lipinski definition) is 0. The molecule has 0 fully saturated rings. The SMILES string of the molecule is CCOC(C)(C)c1[c]nccc1. The van der Waals surface area contributed by atoms with E-state index in [0.717, 1.165) is 5.56 Å². The minimum Gasteiger partial charge on any atom is -0.371 e. The quantitative estimate of drug-likeness (QED) is 0.683. The van der Waals surface area contributed by atoms with Crippen LogP contribution in [0.1, 0.15) is 26.3 Å². The Morgan fingerprint density at radius 3 is 2.83 bits per heavy atom. The molecule has 0 saturated heterocycles. The fraction of sp³-hybridized carbons (Fsp3) is 0.500.